The van der Waals surface area contributed by atoms with Crippen LogP contribution in [0.3, 0.4) is 0 Å². The summed E-state index contributed by atoms with van der Waals surface area (Å²) in [7, 11) is 0. The average Bonchev–Trinajstić information content (AvgIpc) is 2.81. The number of carbonyl (C=O) groups is 1. The first kappa shape index (κ1) is 14.3. The second kappa shape index (κ2) is 5.46. The van der Waals surface area contributed by atoms with Crippen LogP contribution in [-0.2, 0) is 10.3 Å². The van der Waals surface area contributed by atoms with Crippen LogP contribution >= 0.6 is 11.5 Å². The molecule has 1 aromatic heterocycles. The van der Waals surface area contributed by atoms with Crippen molar-refractivity contribution in [2.75, 3.05) is 13.1 Å². The van der Waals surface area contributed by atoms with Crippen molar-refractivity contribution in [3.63, 3.8) is 0 Å². The fourth-order valence-corrected chi connectivity index (χ4v) is 2.91. The van der Waals surface area contributed by atoms with Crippen molar-refractivity contribution in [2.45, 2.75) is 44.8 Å². The molecular formula is C13H21N3O2S. The van der Waals surface area contributed by atoms with E-state index in [1.165, 1.54) is 11.5 Å². The Morgan fingerprint density at radius 2 is 2.37 bits per heavy atom. The van der Waals surface area contributed by atoms with Crippen molar-refractivity contribution in [3.05, 3.63) is 17.1 Å². The summed E-state index contributed by atoms with van der Waals surface area (Å²) >= 11 is 1.40. The van der Waals surface area contributed by atoms with E-state index < -0.39 is 11.1 Å². The van der Waals surface area contributed by atoms with Gasteiger partial charge in [0.1, 0.15) is 5.60 Å². The van der Waals surface area contributed by atoms with Gasteiger partial charge in [-0.2, -0.15) is 0 Å². The largest absolute Gasteiger partial charge is 0.444 e. The van der Waals surface area contributed by atoms with E-state index in [1.807, 2.05) is 32.3 Å². The molecule has 5 nitrogen and oxygen atoms in total. The lowest BCUT2D eigenvalue weighted by atomic mass is 9.85. The number of piperidine rings is 1. The van der Waals surface area contributed by atoms with E-state index in [2.05, 4.69) is 15.0 Å². The first-order valence-corrected chi connectivity index (χ1v) is 7.37. The summed E-state index contributed by atoms with van der Waals surface area (Å²) in [4.78, 5) is 12.0. The van der Waals surface area contributed by atoms with Gasteiger partial charge in [-0.1, -0.05) is 0 Å². The van der Waals surface area contributed by atoms with Crippen LogP contribution in [0, 0.1) is 0 Å². The van der Waals surface area contributed by atoms with Gasteiger partial charge in [0.25, 0.3) is 0 Å². The summed E-state index contributed by atoms with van der Waals surface area (Å²) in [6.07, 6.45) is 3.38. The van der Waals surface area contributed by atoms with Crippen LogP contribution in [0.2, 0.25) is 0 Å². The van der Waals surface area contributed by atoms with Crippen molar-refractivity contribution >= 4 is 17.6 Å². The van der Waals surface area contributed by atoms with Crippen LogP contribution in [0.5, 0.6) is 0 Å². The number of rotatable bonds is 2. The number of hydrogen-bond donors (Lipinski definition) is 2. The van der Waals surface area contributed by atoms with Crippen LogP contribution in [0.1, 0.15) is 39.2 Å². The minimum Gasteiger partial charge on any atom is -0.444 e. The lowest BCUT2D eigenvalue weighted by Gasteiger charge is -2.38. The first-order valence-electron chi connectivity index (χ1n) is 6.53. The standard InChI is InChI=1S/C13H21N3O2S/c1-12(2,3)18-11(17)16-13(5-4-6-14-9-13)10-7-15-19-8-10/h7-8,14H,4-6,9H2,1-3H3,(H,16,17). The van der Waals surface area contributed by atoms with Gasteiger partial charge in [0.2, 0.25) is 0 Å². The molecule has 6 heteroatoms. The molecule has 1 saturated heterocycles. The number of carbonyl (C=O) groups excluding carboxylic acids is 1. The molecule has 106 valence electrons. The fourth-order valence-electron chi connectivity index (χ4n) is 2.27. The maximum atomic E-state index is 12.0. The molecule has 19 heavy (non-hydrogen) atoms. The van der Waals surface area contributed by atoms with Crippen molar-refractivity contribution in [1.82, 2.24) is 15.0 Å². The molecule has 1 atom stereocenters. The average molecular weight is 283 g/mol. The van der Waals surface area contributed by atoms with Gasteiger partial charge in [0, 0.05) is 23.7 Å². The molecule has 1 fully saturated rings. The van der Waals surface area contributed by atoms with Crippen molar-refractivity contribution in [1.29, 1.82) is 0 Å². The highest BCUT2D eigenvalue weighted by molar-refractivity contribution is 7.03. The number of nitrogens with one attached hydrogen (secondary N) is 2. The van der Waals surface area contributed by atoms with E-state index in [-0.39, 0.29) is 6.09 Å². The van der Waals surface area contributed by atoms with E-state index in [9.17, 15) is 4.79 Å². The molecule has 1 aliphatic rings. The van der Waals surface area contributed by atoms with E-state index in [0.717, 1.165) is 24.9 Å². The van der Waals surface area contributed by atoms with Gasteiger partial charge in [-0.25, -0.2) is 9.17 Å². The Hall–Kier alpha value is -1.14. The molecule has 0 saturated carbocycles. The predicted molar refractivity (Wildman–Crippen MR) is 75.3 cm³/mol. The zero-order chi connectivity index (χ0) is 13.9. The summed E-state index contributed by atoms with van der Waals surface area (Å²) in [6.45, 7) is 7.29. The van der Waals surface area contributed by atoms with Gasteiger partial charge < -0.3 is 15.4 Å². The van der Waals surface area contributed by atoms with Crippen LogP contribution in [0.4, 0.5) is 4.79 Å². The van der Waals surface area contributed by atoms with E-state index >= 15 is 0 Å². The number of nitrogens with zero attached hydrogens (tertiary/aromatic N) is 1. The zero-order valence-corrected chi connectivity index (χ0v) is 12.5. The number of hydrogen-bond acceptors (Lipinski definition) is 5. The maximum Gasteiger partial charge on any atom is 0.408 e. The highest BCUT2D eigenvalue weighted by Crippen LogP contribution is 2.29. The molecule has 2 N–H and O–H groups in total. The molecule has 0 aromatic carbocycles. The van der Waals surface area contributed by atoms with Crippen LogP contribution in [-0.4, -0.2) is 29.2 Å². The number of alkyl carbamates (subject to hydrolysis) is 1. The number of amides is 1. The molecule has 0 spiro atoms. The Kier molecular flexibility index (Phi) is 4.10. The van der Waals surface area contributed by atoms with E-state index in [1.54, 1.807) is 0 Å². The van der Waals surface area contributed by atoms with Gasteiger partial charge in [0.05, 0.1) is 5.54 Å². The quantitative estimate of drug-likeness (QED) is 0.874. The normalized spacial score (nSPS) is 23.9. The molecule has 0 aliphatic carbocycles. The third-order valence-electron chi connectivity index (χ3n) is 3.11. The molecule has 2 heterocycles. The SMILES string of the molecule is CC(C)(C)OC(=O)NC1(c2cnsc2)CCCNC1. The molecule has 1 amide bonds. The molecule has 1 aliphatic heterocycles. The van der Waals surface area contributed by atoms with Crippen LogP contribution < -0.4 is 10.6 Å². The number of aromatic nitrogens is 1. The fraction of sp³-hybridized carbons (Fsp3) is 0.692. The summed E-state index contributed by atoms with van der Waals surface area (Å²) in [5.41, 5.74) is 0.170. The molecule has 0 radical (unpaired) electrons. The zero-order valence-electron chi connectivity index (χ0n) is 11.7. The van der Waals surface area contributed by atoms with Crippen LogP contribution in [0.25, 0.3) is 0 Å². The summed E-state index contributed by atoms with van der Waals surface area (Å²) in [5, 5.41) is 8.36. The first-order chi connectivity index (χ1) is 8.91. The van der Waals surface area contributed by atoms with Gasteiger partial charge in [-0.15, -0.1) is 0 Å². The van der Waals surface area contributed by atoms with Gasteiger partial charge in [-0.3, -0.25) is 0 Å². The summed E-state index contributed by atoms with van der Waals surface area (Å²) in [6, 6.07) is 0. The smallest absolute Gasteiger partial charge is 0.408 e. The maximum absolute atomic E-state index is 12.0. The molecular weight excluding hydrogens is 262 g/mol. The van der Waals surface area contributed by atoms with E-state index in [0.29, 0.717) is 6.54 Å². The second-order valence-corrected chi connectivity index (χ2v) is 6.56. The van der Waals surface area contributed by atoms with Crippen molar-refractivity contribution in [3.8, 4) is 0 Å². The second-order valence-electron chi connectivity index (χ2n) is 5.90. The van der Waals surface area contributed by atoms with Crippen molar-refractivity contribution < 1.29 is 9.53 Å². The Bertz CT molecular complexity index is 420. The minimum absolute atomic E-state index is 0.373. The predicted octanol–water partition coefficient (Wildman–Crippen LogP) is 2.25. The lowest BCUT2D eigenvalue weighted by molar-refractivity contribution is 0.0431. The highest BCUT2D eigenvalue weighted by atomic mass is 32.1. The van der Waals surface area contributed by atoms with Gasteiger partial charge >= 0.3 is 6.09 Å². The number of ether oxygens (including phenoxy) is 1. The Labute approximate surface area is 117 Å². The van der Waals surface area contributed by atoms with E-state index in [4.69, 9.17) is 4.74 Å². The minimum atomic E-state index is -0.486. The summed E-state index contributed by atoms with van der Waals surface area (Å²) < 4.78 is 9.51. The topological polar surface area (TPSA) is 63.2 Å². The lowest BCUT2D eigenvalue weighted by Crippen LogP contribution is -2.55. The third kappa shape index (κ3) is 3.67. The molecule has 0 bridgehead atoms. The van der Waals surface area contributed by atoms with Gasteiger partial charge in [-0.05, 0) is 51.7 Å². The Morgan fingerprint density at radius 3 is 2.89 bits per heavy atom. The summed E-state index contributed by atoms with van der Waals surface area (Å²) in [5.74, 6) is 0. The highest BCUT2D eigenvalue weighted by Gasteiger charge is 2.37. The molecule has 1 unspecified atom stereocenters. The Morgan fingerprint density at radius 1 is 1.58 bits per heavy atom. The third-order valence-corrected chi connectivity index (χ3v) is 3.70. The van der Waals surface area contributed by atoms with Gasteiger partial charge in [0.15, 0.2) is 0 Å². The molecule has 1 aromatic rings. The van der Waals surface area contributed by atoms with Crippen LogP contribution in [0.15, 0.2) is 11.6 Å². The van der Waals surface area contributed by atoms with Crippen molar-refractivity contribution in [2.24, 2.45) is 0 Å². The Balaban J connectivity index is 2.13. The monoisotopic (exact) mass is 283 g/mol. The molecule has 2 rings (SSSR count).